The smallest absolute Gasteiger partial charge is 0.241 e. The number of methoxy groups -OCH3 is 1. The molecule has 0 saturated carbocycles. The van der Waals surface area contributed by atoms with Gasteiger partial charge in [-0.3, -0.25) is 9.69 Å². The highest BCUT2D eigenvalue weighted by Gasteiger charge is 2.50. The van der Waals surface area contributed by atoms with Gasteiger partial charge in [-0.15, -0.1) is 11.8 Å². The second kappa shape index (κ2) is 6.67. The summed E-state index contributed by atoms with van der Waals surface area (Å²) in [6.45, 7) is 3.58. The first kappa shape index (κ1) is 16.4. The van der Waals surface area contributed by atoms with Gasteiger partial charge in [0.1, 0.15) is 5.60 Å². The number of hydrogen-bond acceptors (Lipinski definition) is 5. The van der Waals surface area contributed by atoms with Gasteiger partial charge in [0.25, 0.3) is 0 Å². The number of likely N-dealkylation sites (tertiary alicyclic amines) is 1. The van der Waals surface area contributed by atoms with Crippen LogP contribution < -0.4 is 4.90 Å². The van der Waals surface area contributed by atoms with E-state index in [0.717, 1.165) is 50.5 Å². The van der Waals surface area contributed by atoms with Crippen molar-refractivity contribution in [3.8, 4) is 0 Å². The van der Waals surface area contributed by atoms with Crippen molar-refractivity contribution in [3.63, 3.8) is 0 Å². The van der Waals surface area contributed by atoms with Crippen LogP contribution in [0.2, 0.25) is 0 Å². The van der Waals surface area contributed by atoms with E-state index in [-0.39, 0.29) is 17.6 Å². The Kier molecular flexibility index (Phi) is 4.56. The maximum atomic E-state index is 12.9. The molecule has 0 bridgehead atoms. The monoisotopic (exact) mass is 348 g/mol. The number of anilines is 1. The zero-order valence-electron chi connectivity index (χ0n) is 14.1. The van der Waals surface area contributed by atoms with Crippen molar-refractivity contribution in [2.45, 2.75) is 29.4 Å². The van der Waals surface area contributed by atoms with Crippen LogP contribution in [0.5, 0.6) is 0 Å². The minimum atomic E-state index is -0.204. The Labute approximate surface area is 147 Å². The van der Waals surface area contributed by atoms with Crippen molar-refractivity contribution in [2.24, 2.45) is 0 Å². The lowest BCUT2D eigenvalue weighted by atomic mass is 9.97. The molecular formula is C18H24N2O3S. The van der Waals surface area contributed by atoms with E-state index < -0.39 is 0 Å². The van der Waals surface area contributed by atoms with Crippen LogP contribution in [0.25, 0.3) is 0 Å². The minimum absolute atomic E-state index is 0.0667. The van der Waals surface area contributed by atoms with Gasteiger partial charge in [0.2, 0.25) is 5.91 Å². The molecule has 0 aliphatic carbocycles. The molecule has 130 valence electrons. The molecule has 2 atom stereocenters. The normalized spacial score (nSPS) is 30.0. The number of carbonyl (C=O) groups is 1. The molecular weight excluding hydrogens is 324 g/mol. The first-order chi connectivity index (χ1) is 11.7. The topological polar surface area (TPSA) is 42.0 Å². The van der Waals surface area contributed by atoms with Crippen molar-refractivity contribution < 1.29 is 14.3 Å². The first-order valence-electron chi connectivity index (χ1n) is 8.63. The van der Waals surface area contributed by atoms with Crippen LogP contribution >= 0.6 is 11.8 Å². The fourth-order valence-corrected chi connectivity index (χ4v) is 5.15. The minimum Gasteiger partial charge on any atom is -0.377 e. The average molecular weight is 348 g/mol. The summed E-state index contributed by atoms with van der Waals surface area (Å²) in [5.41, 5.74) is 0.845. The molecule has 3 aliphatic rings. The van der Waals surface area contributed by atoms with Crippen LogP contribution in [-0.2, 0) is 14.3 Å². The molecule has 0 radical (unpaired) electrons. The highest BCUT2D eigenvalue weighted by molar-refractivity contribution is 7.99. The van der Waals surface area contributed by atoms with Crippen molar-refractivity contribution in [1.29, 1.82) is 0 Å². The molecule has 0 aromatic heterocycles. The molecule has 3 heterocycles. The lowest BCUT2D eigenvalue weighted by Gasteiger charge is -2.30. The van der Waals surface area contributed by atoms with Crippen LogP contribution in [0.3, 0.4) is 0 Å². The number of benzene rings is 1. The first-order valence-corrected chi connectivity index (χ1v) is 9.62. The molecule has 1 amide bonds. The molecule has 4 rings (SSSR count). The van der Waals surface area contributed by atoms with Gasteiger partial charge >= 0.3 is 0 Å². The van der Waals surface area contributed by atoms with E-state index in [2.05, 4.69) is 11.0 Å². The van der Waals surface area contributed by atoms with E-state index in [9.17, 15) is 4.79 Å². The van der Waals surface area contributed by atoms with Crippen molar-refractivity contribution in [1.82, 2.24) is 4.90 Å². The standard InChI is InChI=1S/C18H24N2O3S/c1-22-16-11-19(13-18(16)7-4-9-23-18)12-17(21)20-8-10-24-15-6-3-2-5-14(15)20/h2-3,5-6,16H,4,7-13H2,1H3/t16-,18-/m1/s1. The molecule has 1 aromatic carbocycles. The van der Waals surface area contributed by atoms with Crippen LogP contribution in [-0.4, -0.2) is 68.2 Å². The van der Waals surface area contributed by atoms with Gasteiger partial charge in [-0.25, -0.2) is 0 Å². The number of thioether (sulfide) groups is 1. The van der Waals surface area contributed by atoms with Gasteiger partial charge in [-0.1, -0.05) is 12.1 Å². The summed E-state index contributed by atoms with van der Waals surface area (Å²) in [6.07, 6.45) is 2.18. The Morgan fingerprint density at radius 1 is 1.46 bits per heavy atom. The Bertz CT molecular complexity index is 618. The second-order valence-corrected chi connectivity index (χ2v) is 7.91. The summed E-state index contributed by atoms with van der Waals surface area (Å²) in [5, 5.41) is 0. The molecule has 2 fully saturated rings. The average Bonchev–Trinajstić information content (AvgIpc) is 3.21. The number of amides is 1. The van der Waals surface area contributed by atoms with E-state index in [0.29, 0.717) is 6.54 Å². The molecule has 5 nitrogen and oxygen atoms in total. The molecule has 1 spiro atoms. The Morgan fingerprint density at radius 3 is 3.12 bits per heavy atom. The Hall–Kier alpha value is -1.08. The van der Waals surface area contributed by atoms with E-state index >= 15 is 0 Å². The maximum Gasteiger partial charge on any atom is 0.241 e. The van der Waals surface area contributed by atoms with E-state index in [1.165, 1.54) is 4.90 Å². The summed E-state index contributed by atoms with van der Waals surface area (Å²) >= 11 is 1.82. The van der Waals surface area contributed by atoms with Gasteiger partial charge in [-0.2, -0.15) is 0 Å². The second-order valence-electron chi connectivity index (χ2n) is 6.77. The van der Waals surface area contributed by atoms with E-state index in [1.807, 2.05) is 34.9 Å². The van der Waals surface area contributed by atoms with Gasteiger partial charge in [0.05, 0.1) is 18.3 Å². The number of hydrogen-bond donors (Lipinski definition) is 0. The number of carbonyl (C=O) groups excluding carboxylic acids is 1. The highest BCUT2D eigenvalue weighted by atomic mass is 32.2. The van der Waals surface area contributed by atoms with Crippen molar-refractivity contribution in [3.05, 3.63) is 24.3 Å². The Balaban J connectivity index is 1.46. The summed E-state index contributed by atoms with van der Waals surface area (Å²) in [7, 11) is 1.75. The van der Waals surface area contributed by atoms with Crippen molar-refractivity contribution in [2.75, 3.05) is 50.5 Å². The maximum absolute atomic E-state index is 12.9. The lowest BCUT2D eigenvalue weighted by molar-refractivity contribution is -0.119. The van der Waals surface area contributed by atoms with Gasteiger partial charge < -0.3 is 14.4 Å². The highest BCUT2D eigenvalue weighted by Crippen LogP contribution is 2.37. The number of nitrogens with zero attached hydrogens (tertiary/aromatic N) is 2. The zero-order chi connectivity index (χ0) is 16.6. The van der Waals surface area contributed by atoms with Crippen LogP contribution in [0.15, 0.2) is 29.2 Å². The summed E-state index contributed by atoms with van der Waals surface area (Å²) in [5.74, 6) is 1.13. The molecule has 0 N–H and O–H groups in total. The van der Waals surface area contributed by atoms with Crippen LogP contribution in [0.4, 0.5) is 5.69 Å². The predicted octanol–water partition coefficient (Wildman–Crippen LogP) is 2.01. The fraction of sp³-hybridized carbons (Fsp3) is 0.611. The third kappa shape index (κ3) is 2.86. The number of rotatable bonds is 3. The summed E-state index contributed by atoms with van der Waals surface area (Å²) < 4.78 is 11.7. The largest absolute Gasteiger partial charge is 0.377 e. The number of ether oxygens (including phenoxy) is 2. The summed E-state index contributed by atoms with van der Waals surface area (Å²) in [4.78, 5) is 18.2. The lowest BCUT2D eigenvalue weighted by Crippen LogP contribution is -2.44. The fourth-order valence-electron chi connectivity index (χ4n) is 4.16. The Morgan fingerprint density at radius 2 is 2.33 bits per heavy atom. The zero-order valence-corrected chi connectivity index (χ0v) is 14.9. The van der Waals surface area contributed by atoms with Gasteiger partial charge in [0.15, 0.2) is 0 Å². The van der Waals surface area contributed by atoms with Crippen molar-refractivity contribution >= 4 is 23.4 Å². The summed E-state index contributed by atoms with van der Waals surface area (Å²) in [6, 6.07) is 8.17. The molecule has 6 heteroatoms. The molecule has 24 heavy (non-hydrogen) atoms. The molecule has 0 unspecified atom stereocenters. The number of para-hydroxylation sites is 1. The molecule has 1 aromatic rings. The molecule has 2 saturated heterocycles. The van der Waals surface area contributed by atoms with Crippen LogP contribution in [0.1, 0.15) is 12.8 Å². The number of fused-ring (bicyclic) bond motifs is 1. The van der Waals surface area contributed by atoms with Gasteiger partial charge in [-0.05, 0) is 25.0 Å². The van der Waals surface area contributed by atoms with Gasteiger partial charge in [0, 0.05) is 44.0 Å². The van der Waals surface area contributed by atoms with Crippen LogP contribution in [0, 0.1) is 0 Å². The quantitative estimate of drug-likeness (QED) is 0.836. The SMILES string of the molecule is CO[C@@H]1CN(CC(=O)N2CCSc3ccccc32)C[C@]12CCCO2. The van der Waals surface area contributed by atoms with E-state index in [1.54, 1.807) is 7.11 Å². The third-order valence-corrected chi connectivity index (χ3v) is 6.35. The third-order valence-electron chi connectivity index (χ3n) is 5.31. The predicted molar refractivity (Wildman–Crippen MR) is 94.7 cm³/mol. The molecule has 3 aliphatic heterocycles. The van der Waals surface area contributed by atoms with E-state index in [4.69, 9.17) is 9.47 Å².